The summed E-state index contributed by atoms with van der Waals surface area (Å²) in [4.78, 5) is 4.31. The number of hydrogen-bond acceptors (Lipinski definition) is 2. The molecule has 1 saturated carbocycles. The van der Waals surface area contributed by atoms with Crippen LogP contribution >= 0.6 is 12.2 Å². The fourth-order valence-electron chi connectivity index (χ4n) is 2.21. The van der Waals surface area contributed by atoms with Gasteiger partial charge in [0.25, 0.3) is 0 Å². The van der Waals surface area contributed by atoms with Crippen molar-refractivity contribution in [1.82, 2.24) is 15.2 Å². The molecule has 78 valence electrons. The first-order valence-electron chi connectivity index (χ1n) is 5.51. The molecule has 0 aromatic carbocycles. The molecule has 0 amide bonds. The number of rotatable bonds is 1. The lowest BCUT2D eigenvalue weighted by Crippen LogP contribution is -2.04. The summed E-state index contributed by atoms with van der Waals surface area (Å²) in [5, 5.41) is 5.96. The smallest absolute Gasteiger partial charge is 0.213 e. The number of hydrogen-bond donors (Lipinski definition) is 2. The average molecular weight is 211 g/mol. The lowest BCUT2D eigenvalue weighted by Gasteiger charge is -2.16. The lowest BCUT2D eigenvalue weighted by molar-refractivity contribution is 0.443. The topological polar surface area (TPSA) is 44.5 Å². The second-order valence-electron chi connectivity index (χ2n) is 4.09. The molecule has 1 heterocycles. The number of aromatic amines is 2. The van der Waals surface area contributed by atoms with E-state index in [0.29, 0.717) is 10.7 Å². The first-order chi connectivity index (χ1) is 6.86. The Kier molecular flexibility index (Phi) is 3.35. The highest BCUT2D eigenvalue weighted by Crippen LogP contribution is 2.28. The summed E-state index contributed by atoms with van der Waals surface area (Å²) >= 11 is 4.96. The highest BCUT2D eigenvalue weighted by atomic mass is 32.1. The molecule has 1 fully saturated rings. The van der Waals surface area contributed by atoms with Crippen LogP contribution in [-0.2, 0) is 0 Å². The van der Waals surface area contributed by atoms with Crippen molar-refractivity contribution in [3.63, 3.8) is 0 Å². The monoisotopic (exact) mass is 211 g/mol. The Balaban J connectivity index is 2.04. The Bertz CT molecular complexity index is 320. The maximum Gasteiger partial charge on any atom is 0.213 e. The van der Waals surface area contributed by atoms with E-state index in [0.717, 1.165) is 5.82 Å². The summed E-state index contributed by atoms with van der Waals surface area (Å²) in [5.74, 6) is 1.67. The summed E-state index contributed by atoms with van der Waals surface area (Å²) < 4.78 is 0.585. The van der Waals surface area contributed by atoms with Gasteiger partial charge in [-0.15, -0.1) is 0 Å². The van der Waals surface area contributed by atoms with Crippen molar-refractivity contribution in [2.45, 2.75) is 50.9 Å². The maximum absolute atomic E-state index is 4.96. The van der Waals surface area contributed by atoms with Crippen LogP contribution in [-0.4, -0.2) is 15.2 Å². The third kappa shape index (κ3) is 2.44. The van der Waals surface area contributed by atoms with Gasteiger partial charge in [0.2, 0.25) is 4.77 Å². The van der Waals surface area contributed by atoms with Crippen molar-refractivity contribution in [2.75, 3.05) is 0 Å². The minimum atomic E-state index is 0.585. The van der Waals surface area contributed by atoms with Crippen molar-refractivity contribution in [2.24, 2.45) is 0 Å². The zero-order chi connectivity index (χ0) is 9.80. The lowest BCUT2D eigenvalue weighted by atomic mass is 9.91. The Hall–Kier alpha value is -0.640. The van der Waals surface area contributed by atoms with Crippen LogP contribution in [0, 0.1) is 4.77 Å². The third-order valence-corrected chi connectivity index (χ3v) is 3.20. The third-order valence-electron chi connectivity index (χ3n) is 3.01. The number of H-pyrrole nitrogens is 2. The first-order valence-corrected chi connectivity index (χ1v) is 5.91. The molecule has 3 nitrogen and oxygen atoms in total. The molecule has 1 aromatic heterocycles. The molecule has 0 unspecified atom stereocenters. The molecule has 0 radical (unpaired) electrons. The molecule has 4 heteroatoms. The Morgan fingerprint density at radius 2 is 1.64 bits per heavy atom. The number of nitrogens with zero attached hydrogens (tertiary/aromatic N) is 1. The van der Waals surface area contributed by atoms with E-state index in [4.69, 9.17) is 12.2 Å². The molecule has 2 N–H and O–H groups in total. The summed E-state index contributed by atoms with van der Waals surface area (Å²) in [7, 11) is 0. The normalized spacial score (nSPS) is 20.3. The van der Waals surface area contributed by atoms with Gasteiger partial charge < -0.3 is 0 Å². The summed E-state index contributed by atoms with van der Waals surface area (Å²) in [6.45, 7) is 0. The summed E-state index contributed by atoms with van der Waals surface area (Å²) in [6.07, 6.45) is 9.34. The molecule has 2 rings (SSSR count). The molecule has 0 bridgehead atoms. The van der Waals surface area contributed by atoms with Crippen LogP contribution in [0.25, 0.3) is 0 Å². The average Bonchev–Trinajstić information content (AvgIpc) is 2.51. The van der Waals surface area contributed by atoms with Crippen LogP contribution < -0.4 is 0 Å². The Labute approximate surface area is 89.3 Å². The predicted octanol–water partition coefficient (Wildman–Crippen LogP) is 3.30. The Morgan fingerprint density at radius 3 is 2.21 bits per heavy atom. The van der Waals surface area contributed by atoms with Crippen LogP contribution in [0.15, 0.2) is 0 Å². The molecule has 1 aliphatic rings. The van der Waals surface area contributed by atoms with E-state index in [-0.39, 0.29) is 0 Å². The van der Waals surface area contributed by atoms with Gasteiger partial charge in [0, 0.05) is 5.92 Å². The van der Waals surface area contributed by atoms with Crippen molar-refractivity contribution < 1.29 is 0 Å². The van der Waals surface area contributed by atoms with Gasteiger partial charge in [-0.25, -0.2) is 4.98 Å². The molecule has 1 aliphatic carbocycles. The molecule has 0 spiro atoms. The van der Waals surface area contributed by atoms with E-state index in [9.17, 15) is 0 Å². The molecule has 0 atom stereocenters. The second kappa shape index (κ2) is 4.73. The van der Waals surface area contributed by atoms with Gasteiger partial charge in [0.15, 0.2) is 0 Å². The Morgan fingerprint density at radius 1 is 1.00 bits per heavy atom. The van der Waals surface area contributed by atoms with Gasteiger partial charge in [0.1, 0.15) is 5.82 Å². The first kappa shape index (κ1) is 9.90. The second-order valence-corrected chi connectivity index (χ2v) is 4.48. The quantitative estimate of drug-likeness (QED) is 0.700. The largest absolute Gasteiger partial charge is 0.285 e. The van der Waals surface area contributed by atoms with Crippen LogP contribution in [0.5, 0.6) is 0 Å². The number of aromatic nitrogens is 3. The van der Waals surface area contributed by atoms with Gasteiger partial charge in [-0.2, -0.15) is 0 Å². The van der Waals surface area contributed by atoms with Gasteiger partial charge >= 0.3 is 0 Å². The van der Waals surface area contributed by atoms with E-state index in [2.05, 4.69) is 15.2 Å². The minimum absolute atomic E-state index is 0.585. The van der Waals surface area contributed by atoms with E-state index >= 15 is 0 Å². The fraction of sp³-hybridized carbons (Fsp3) is 0.800. The minimum Gasteiger partial charge on any atom is -0.285 e. The molecular formula is C10H17N3S. The number of nitrogens with one attached hydrogen (secondary N) is 2. The summed E-state index contributed by atoms with van der Waals surface area (Å²) in [6, 6.07) is 0. The SMILES string of the molecule is S=c1nc(C2CCCCCCC2)[nH][nH]1. The van der Waals surface area contributed by atoms with Crippen LogP contribution in [0.1, 0.15) is 56.7 Å². The van der Waals surface area contributed by atoms with E-state index in [1.807, 2.05) is 0 Å². The van der Waals surface area contributed by atoms with E-state index in [1.54, 1.807) is 0 Å². The van der Waals surface area contributed by atoms with Crippen LogP contribution in [0.2, 0.25) is 0 Å². The highest BCUT2D eigenvalue weighted by Gasteiger charge is 2.15. The molecule has 0 aliphatic heterocycles. The molecular weight excluding hydrogens is 194 g/mol. The molecule has 0 saturated heterocycles. The van der Waals surface area contributed by atoms with Gasteiger partial charge in [-0.05, 0) is 25.1 Å². The molecule has 1 aromatic rings. The standard InChI is InChI=1S/C10H17N3S/c14-10-11-9(12-13-10)8-6-4-2-1-3-5-7-8/h8H,1-7H2,(H2,11,12,13,14). The fourth-order valence-corrected chi connectivity index (χ4v) is 2.36. The van der Waals surface area contributed by atoms with Crippen molar-refractivity contribution >= 4 is 12.2 Å². The van der Waals surface area contributed by atoms with Crippen LogP contribution in [0.4, 0.5) is 0 Å². The van der Waals surface area contributed by atoms with Crippen molar-refractivity contribution in [1.29, 1.82) is 0 Å². The molecule has 14 heavy (non-hydrogen) atoms. The zero-order valence-electron chi connectivity index (χ0n) is 8.38. The highest BCUT2D eigenvalue weighted by molar-refractivity contribution is 7.71. The van der Waals surface area contributed by atoms with Gasteiger partial charge in [-0.1, -0.05) is 32.1 Å². The van der Waals surface area contributed by atoms with Gasteiger partial charge in [0.05, 0.1) is 0 Å². The zero-order valence-corrected chi connectivity index (χ0v) is 9.20. The van der Waals surface area contributed by atoms with Crippen molar-refractivity contribution in [3.05, 3.63) is 10.6 Å². The van der Waals surface area contributed by atoms with Gasteiger partial charge in [-0.3, -0.25) is 10.2 Å². The maximum atomic E-state index is 4.96. The van der Waals surface area contributed by atoms with E-state index in [1.165, 1.54) is 44.9 Å². The van der Waals surface area contributed by atoms with Crippen molar-refractivity contribution in [3.8, 4) is 0 Å². The van der Waals surface area contributed by atoms with Crippen LogP contribution in [0.3, 0.4) is 0 Å². The summed E-state index contributed by atoms with van der Waals surface area (Å²) in [5.41, 5.74) is 0. The predicted molar refractivity (Wildman–Crippen MR) is 58.8 cm³/mol. The van der Waals surface area contributed by atoms with E-state index < -0.39 is 0 Å².